The molecule has 4 heterocycles. The molecule has 36 heavy (non-hydrogen) atoms. The molecule has 8 N–H and O–H groups in total. The van der Waals surface area contributed by atoms with Crippen LogP contribution in [0.25, 0.3) is 0 Å². The van der Waals surface area contributed by atoms with Crippen molar-refractivity contribution in [2.24, 2.45) is 22.9 Å². The lowest BCUT2D eigenvalue weighted by atomic mass is 10.0. The Balaban J connectivity index is 0.00000304. The molecule has 0 bridgehead atoms. The fourth-order valence-electron chi connectivity index (χ4n) is 5.27. The molecule has 2 aromatic rings. The molecule has 0 aliphatic carbocycles. The molecule has 4 atom stereocenters. The van der Waals surface area contributed by atoms with Crippen molar-refractivity contribution in [2.75, 3.05) is 72.0 Å². The van der Waals surface area contributed by atoms with E-state index in [1.165, 1.54) is 12.1 Å². The number of nitrogens with zero attached hydrogens (tertiary/aromatic N) is 7. The van der Waals surface area contributed by atoms with Gasteiger partial charge in [0.05, 0.1) is 0 Å². The highest BCUT2D eigenvalue weighted by Crippen LogP contribution is 2.25. The Bertz CT molecular complexity index is 940. The number of anilines is 4. The van der Waals surface area contributed by atoms with E-state index in [1.807, 2.05) is 12.1 Å². The van der Waals surface area contributed by atoms with Crippen molar-refractivity contribution in [3.8, 4) is 0 Å². The summed E-state index contributed by atoms with van der Waals surface area (Å²) in [5.74, 6) is 1.57. The van der Waals surface area contributed by atoms with E-state index in [0.29, 0.717) is 44.0 Å². The predicted molar refractivity (Wildman–Crippen MR) is 143 cm³/mol. The van der Waals surface area contributed by atoms with Crippen molar-refractivity contribution in [1.82, 2.24) is 15.0 Å². The van der Waals surface area contributed by atoms with Crippen LogP contribution in [0, 0.1) is 5.82 Å². The maximum atomic E-state index is 13.3. The van der Waals surface area contributed by atoms with E-state index in [1.54, 1.807) is 0 Å². The molecule has 3 saturated heterocycles. The normalized spacial score (nSPS) is 27.1. The van der Waals surface area contributed by atoms with Gasteiger partial charge in [0, 0.05) is 82.2 Å². The minimum absolute atomic E-state index is 0. The van der Waals surface area contributed by atoms with E-state index in [9.17, 15) is 4.39 Å². The zero-order valence-corrected chi connectivity index (χ0v) is 21.2. The number of piperidine rings is 2. The summed E-state index contributed by atoms with van der Waals surface area (Å²) < 4.78 is 13.3. The van der Waals surface area contributed by atoms with Crippen molar-refractivity contribution in [2.45, 2.75) is 37.0 Å². The van der Waals surface area contributed by atoms with E-state index >= 15 is 0 Å². The molecule has 198 valence electrons. The molecule has 11 nitrogen and oxygen atoms in total. The lowest BCUT2D eigenvalue weighted by Crippen LogP contribution is -2.54. The second-order valence-corrected chi connectivity index (χ2v) is 10.0. The van der Waals surface area contributed by atoms with Gasteiger partial charge in [-0.15, -0.1) is 12.4 Å². The van der Waals surface area contributed by atoms with Crippen LogP contribution in [0.4, 0.5) is 27.9 Å². The highest BCUT2D eigenvalue weighted by Gasteiger charge is 2.30. The molecule has 5 rings (SSSR count). The quantitative estimate of drug-likeness (QED) is 0.411. The summed E-state index contributed by atoms with van der Waals surface area (Å²) in [6, 6.07) is 6.50. The molecule has 3 aliphatic heterocycles. The first-order chi connectivity index (χ1) is 16.8. The SMILES string of the molecule is Cl.N[C@@H]1C[C@H](N)CN(c2nc(N3CCN(c4ccc(F)cc4)CC3)nc(N3C[C@H](N)C[C@H](N)C3)n2)C1. The van der Waals surface area contributed by atoms with E-state index < -0.39 is 0 Å². The average Bonchev–Trinajstić information content (AvgIpc) is 2.83. The van der Waals surface area contributed by atoms with Crippen molar-refractivity contribution in [3.05, 3.63) is 30.1 Å². The minimum Gasteiger partial charge on any atom is -0.368 e. The standard InChI is InChI=1S/C23H36FN11.ClH/c24-15-1-3-20(4-2-15)32-5-7-33(8-6-32)21-29-22(34-11-16(25)9-17(26)12-34)31-23(30-21)35-13-18(27)10-19(28)14-35;/h1-4,16-19H,5-14,25-28H2;1H/t16-,17+,18-,19+;. The number of aromatic nitrogens is 3. The summed E-state index contributed by atoms with van der Waals surface area (Å²) in [5.41, 5.74) is 26.0. The van der Waals surface area contributed by atoms with E-state index in [0.717, 1.165) is 44.7 Å². The molecular weight excluding hydrogens is 485 g/mol. The fourth-order valence-corrected chi connectivity index (χ4v) is 5.27. The Kier molecular flexibility index (Phi) is 8.30. The lowest BCUT2D eigenvalue weighted by molar-refractivity contribution is 0.440. The summed E-state index contributed by atoms with van der Waals surface area (Å²) >= 11 is 0. The largest absolute Gasteiger partial charge is 0.368 e. The second-order valence-electron chi connectivity index (χ2n) is 10.0. The first kappa shape index (κ1) is 26.6. The van der Waals surface area contributed by atoms with Crippen LogP contribution in [0.5, 0.6) is 0 Å². The van der Waals surface area contributed by atoms with Gasteiger partial charge in [-0.3, -0.25) is 0 Å². The number of rotatable bonds is 4. The second kappa shape index (κ2) is 11.3. The van der Waals surface area contributed by atoms with Crippen molar-refractivity contribution < 1.29 is 4.39 Å². The Morgan fingerprint density at radius 1 is 0.583 bits per heavy atom. The number of benzene rings is 1. The summed E-state index contributed by atoms with van der Waals surface area (Å²) in [7, 11) is 0. The first-order valence-corrected chi connectivity index (χ1v) is 12.4. The van der Waals surface area contributed by atoms with Gasteiger partial charge in [0.25, 0.3) is 0 Å². The third-order valence-corrected chi connectivity index (χ3v) is 6.95. The fraction of sp³-hybridized carbons (Fsp3) is 0.609. The topological polar surface area (TPSA) is 156 Å². The number of nitrogens with two attached hydrogens (primary N) is 4. The zero-order valence-electron chi connectivity index (χ0n) is 20.4. The van der Waals surface area contributed by atoms with Crippen LogP contribution in [0.1, 0.15) is 12.8 Å². The molecule has 0 saturated carbocycles. The summed E-state index contributed by atoms with van der Waals surface area (Å²) in [4.78, 5) is 23.1. The maximum Gasteiger partial charge on any atom is 0.232 e. The van der Waals surface area contributed by atoms with Crippen LogP contribution in [-0.4, -0.2) is 91.5 Å². The number of piperazine rings is 1. The van der Waals surface area contributed by atoms with Gasteiger partial charge < -0.3 is 42.5 Å². The van der Waals surface area contributed by atoms with Crippen LogP contribution in [0.15, 0.2) is 24.3 Å². The average molecular weight is 522 g/mol. The van der Waals surface area contributed by atoms with Gasteiger partial charge in [-0.05, 0) is 37.1 Å². The molecule has 0 radical (unpaired) electrons. The highest BCUT2D eigenvalue weighted by molar-refractivity contribution is 5.85. The molecule has 0 spiro atoms. The highest BCUT2D eigenvalue weighted by atomic mass is 35.5. The van der Waals surface area contributed by atoms with Gasteiger partial charge in [-0.2, -0.15) is 15.0 Å². The molecule has 0 unspecified atom stereocenters. The third kappa shape index (κ3) is 6.06. The smallest absolute Gasteiger partial charge is 0.232 e. The molecule has 13 heteroatoms. The summed E-state index contributed by atoms with van der Waals surface area (Å²) in [5, 5.41) is 0. The first-order valence-electron chi connectivity index (χ1n) is 12.4. The van der Waals surface area contributed by atoms with Gasteiger partial charge in [-0.25, -0.2) is 4.39 Å². The van der Waals surface area contributed by atoms with Crippen molar-refractivity contribution >= 4 is 35.9 Å². The number of hydrogen-bond acceptors (Lipinski definition) is 11. The molecular formula is C23H37ClFN11. The maximum absolute atomic E-state index is 13.3. The Morgan fingerprint density at radius 3 is 1.36 bits per heavy atom. The van der Waals surface area contributed by atoms with Gasteiger partial charge in [0.2, 0.25) is 17.8 Å². The Labute approximate surface area is 217 Å². The van der Waals surface area contributed by atoms with E-state index in [2.05, 4.69) is 19.6 Å². The Hall–Kier alpha value is -2.51. The summed E-state index contributed by atoms with van der Waals surface area (Å²) in [6.07, 6.45) is 1.56. The van der Waals surface area contributed by atoms with Crippen LogP contribution >= 0.6 is 12.4 Å². The van der Waals surface area contributed by atoms with Gasteiger partial charge >= 0.3 is 0 Å². The zero-order chi connectivity index (χ0) is 24.5. The predicted octanol–water partition coefficient (Wildman–Crippen LogP) is -0.511. The Morgan fingerprint density at radius 2 is 0.944 bits per heavy atom. The molecule has 0 amide bonds. The molecule has 3 fully saturated rings. The van der Waals surface area contributed by atoms with Crippen LogP contribution in [-0.2, 0) is 0 Å². The van der Waals surface area contributed by atoms with Crippen LogP contribution in [0.3, 0.4) is 0 Å². The van der Waals surface area contributed by atoms with Crippen LogP contribution in [0.2, 0.25) is 0 Å². The monoisotopic (exact) mass is 521 g/mol. The lowest BCUT2D eigenvalue weighted by Gasteiger charge is -2.39. The minimum atomic E-state index is -0.230. The van der Waals surface area contributed by atoms with Gasteiger partial charge in [0.15, 0.2) is 0 Å². The van der Waals surface area contributed by atoms with E-state index in [-0.39, 0.29) is 42.4 Å². The van der Waals surface area contributed by atoms with Gasteiger partial charge in [-0.1, -0.05) is 0 Å². The van der Waals surface area contributed by atoms with Gasteiger partial charge in [0.1, 0.15) is 5.82 Å². The van der Waals surface area contributed by atoms with Crippen molar-refractivity contribution in [1.29, 1.82) is 0 Å². The molecule has 1 aromatic carbocycles. The number of hydrogen-bond donors (Lipinski definition) is 4. The third-order valence-electron chi connectivity index (χ3n) is 6.95. The molecule has 1 aromatic heterocycles. The summed E-state index contributed by atoms with van der Waals surface area (Å²) in [6.45, 7) is 5.61. The number of halogens is 2. The van der Waals surface area contributed by atoms with Crippen molar-refractivity contribution in [3.63, 3.8) is 0 Å². The van der Waals surface area contributed by atoms with E-state index in [4.69, 9.17) is 37.9 Å². The molecule has 3 aliphatic rings. The van der Waals surface area contributed by atoms with Crippen LogP contribution < -0.4 is 42.5 Å².